The summed E-state index contributed by atoms with van der Waals surface area (Å²) >= 11 is 0. The van der Waals surface area contributed by atoms with Crippen LogP contribution in [0.3, 0.4) is 0 Å². The van der Waals surface area contributed by atoms with Crippen LogP contribution in [-0.4, -0.2) is 16.3 Å². The molecule has 0 saturated heterocycles. The fourth-order valence-electron chi connectivity index (χ4n) is 2.08. The minimum absolute atomic E-state index is 0.0809. The van der Waals surface area contributed by atoms with Gasteiger partial charge in [-0.15, -0.1) is 0 Å². The number of hydrogen-bond acceptors (Lipinski definition) is 2. The number of nitrogens with zero attached hydrogens (tertiary/aromatic N) is 2. The zero-order valence-corrected chi connectivity index (χ0v) is 13.2. The fraction of sp³-hybridized carbons (Fsp3) is 0.812. The van der Waals surface area contributed by atoms with Crippen molar-refractivity contribution in [3.63, 3.8) is 0 Å². The summed E-state index contributed by atoms with van der Waals surface area (Å²) in [5.41, 5.74) is 1.36. The first-order valence-electron chi connectivity index (χ1n) is 7.79. The summed E-state index contributed by atoms with van der Waals surface area (Å²) in [6, 6.07) is 0. The van der Waals surface area contributed by atoms with Crippen molar-refractivity contribution in [3.05, 3.63) is 18.0 Å². The zero-order chi connectivity index (χ0) is 14.1. The molecule has 0 aliphatic carbocycles. The lowest BCUT2D eigenvalue weighted by Crippen LogP contribution is -2.22. The summed E-state index contributed by atoms with van der Waals surface area (Å²) in [5, 5.41) is 7.92. The van der Waals surface area contributed by atoms with Crippen LogP contribution in [-0.2, 0) is 12.1 Å². The molecule has 1 aromatic rings. The third-order valence-corrected chi connectivity index (χ3v) is 3.36. The Hall–Kier alpha value is -0.830. The standard InChI is InChI=1S/C16H31N3/c1-5-6-7-8-9-10-11-17-12-15-13-18-19(14-15)16(2,3)4/h13-14,17H,5-12H2,1-4H3. The largest absolute Gasteiger partial charge is 0.313 e. The van der Waals surface area contributed by atoms with Gasteiger partial charge in [-0.2, -0.15) is 5.10 Å². The van der Waals surface area contributed by atoms with Crippen LogP contribution in [0.4, 0.5) is 0 Å². The van der Waals surface area contributed by atoms with Crippen molar-refractivity contribution in [2.45, 2.75) is 78.3 Å². The smallest absolute Gasteiger partial charge is 0.0543 e. The minimum atomic E-state index is 0.0809. The Morgan fingerprint density at radius 3 is 2.42 bits per heavy atom. The van der Waals surface area contributed by atoms with Crippen molar-refractivity contribution in [2.24, 2.45) is 0 Å². The molecule has 0 unspecified atom stereocenters. The maximum atomic E-state index is 4.41. The molecule has 0 fully saturated rings. The predicted octanol–water partition coefficient (Wildman–Crippen LogP) is 4.09. The van der Waals surface area contributed by atoms with Crippen LogP contribution in [0.5, 0.6) is 0 Å². The van der Waals surface area contributed by atoms with Crippen LogP contribution >= 0.6 is 0 Å². The van der Waals surface area contributed by atoms with Gasteiger partial charge in [-0.05, 0) is 33.7 Å². The highest BCUT2D eigenvalue weighted by Gasteiger charge is 2.13. The normalized spacial score (nSPS) is 12.0. The molecule has 0 radical (unpaired) electrons. The summed E-state index contributed by atoms with van der Waals surface area (Å²) in [6.07, 6.45) is 12.3. The summed E-state index contributed by atoms with van der Waals surface area (Å²) in [4.78, 5) is 0. The van der Waals surface area contributed by atoms with E-state index < -0.39 is 0 Å². The molecule has 1 N–H and O–H groups in total. The van der Waals surface area contributed by atoms with Crippen molar-refractivity contribution < 1.29 is 0 Å². The molecule has 1 aromatic heterocycles. The third-order valence-electron chi connectivity index (χ3n) is 3.36. The Morgan fingerprint density at radius 2 is 1.79 bits per heavy atom. The first-order chi connectivity index (χ1) is 9.04. The lowest BCUT2D eigenvalue weighted by atomic mass is 10.1. The monoisotopic (exact) mass is 265 g/mol. The molecule has 0 spiro atoms. The minimum Gasteiger partial charge on any atom is -0.313 e. The molecule has 0 atom stereocenters. The topological polar surface area (TPSA) is 29.9 Å². The van der Waals surface area contributed by atoms with E-state index in [2.05, 4.69) is 44.3 Å². The van der Waals surface area contributed by atoms with E-state index in [9.17, 15) is 0 Å². The van der Waals surface area contributed by atoms with E-state index in [-0.39, 0.29) is 5.54 Å². The quantitative estimate of drug-likeness (QED) is 0.682. The van der Waals surface area contributed by atoms with Gasteiger partial charge in [-0.3, -0.25) is 4.68 Å². The van der Waals surface area contributed by atoms with E-state index in [1.807, 2.05) is 10.9 Å². The highest BCUT2D eigenvalue weighted by Crippen LogP contribution is 2.13. The molecular formula is C16H31N3. The maximum absolute atomic E-state index is 4.41. The average Bonchev–Trinajstić information content (AvgIpc) is 2.81. The number of hydrogen-bond donors (Lipinski definition) is 1. The number of unbranched alkanes of at least 4 members (excludes halogenated alkanes) is 5. The van der Waals surface area contributed by atoms with Gasteiger partial charge in [0.25, 0.3) is 0 Å². The molecule has 19 heavy (non-hydrogen) atoms. The van der Waals surface area contributed by atoms with Crippen LogP contribution < -0.4 is 5.32 Å². The molecule has 0 aromatic carbocycles. The first kappa shape index (κ1) is 16.2. The van der Waals surface area contributed by atoms with Crippen LogP contribution in [0.15, 0.2) is 12.4 Å². The highest BCUT2D eigenvalue weighted by molar-refractivity contribution is 5.04. The lowest BCUT2D eigenvalue weighted by molar-refractivity contribution is 0.355. The number of rotatable bonds is 9. The van der Waals surface area contributed by atoms with Crippen molar-refractivity contribution in [2.75, 3.05) is 6.54 Å². The van der Waals surface area contributed by atoms with Gasteiger partial charge in [-0.25, -0.2) is 0 Å². The van der Waals surface area contributed by atoms with E-state index >= 15 is 0 Å². The third kappa shape index (κ3) is 6.76. The Balaban J connectivity index is 2.08. The number of nitrogens with one attached hydrogen (secondary N) is 1. The van der Waals surface area contributed by atoms with Gasteiger partial charge in [0, 0.05) is 18.3 Å². The molecule has 0 aliphatic rings. The van der Waals surface area contributed by atoms with E-state index in [1.54, 1.807) is 0 Å². The Kier molecular flexibility index (Phi) is 7.14. The van der Waals surface area contributed by atoms with E-state index in [4.69, 9.17) is 0 Å². The molecule has 3 nitrogen and oxygen atoms in total. The molecular weight excluding hydrogens is 234 g/mol. The van der Waals surface area contributed by atoms with Crippen LogP contribution in [0, 0.1) is 0 Å². The van der Waals surface area contributed by atoms with Crippen molar-refractivity contribution >= 4 is 0 Å². The second-order valence-electron chi connectivity index (χ2n) is 6.41. The van der Waals surface area contributed by atoms with Crippen LogP contribution in [0.25, 0.3) is 0 Å². The molecule has 3 heteroatoms. The van der Waals surface area contributed by atoms with Gasteiger partial charge in [0.2, 0.25) is 0 Å². The molecule has 0 saturated carbocycles. The number of aromatic nitrogens is 2. The SMILES string of the molecule is CCCCCCCCNCc1cnn(C(C)(C)C)c1. The Labute approximate surface area is 118 Å². The molecule has 110 valence electrons. The highest BCUT2D eigenvalue weighted by atomic mass is 15.3. The van der Waals surface area contributed by atoms with Crippen molar-refractivity contribution in [1.82, 2.24) is 15.1 Å². The summed E-state index contributed by atoms with van der Waals surface area (Å²) in [5.74, 6) is 0. The van der Waals surface area contributed by atoms with Crippen LogP contribution in [0.1, 0.15) is 71.8 Å². The van der Waals surface area contributed by atoms with Gasteiger partial charge in [0.05, 0.1) is 11.7 Å². The summed E-state index contributed by atoms with van der Waals surface area (Å²) < 4.78 is 2.04. The van der Waals surface area contributed by atoms with Gasteiger partial charge in [0.15, 0.2) is 0 Å². The molecule has 0 aliphatic heterocycles. The predicted molar refractivity (Wildman–Crippen MR) is 82.3 cm³/mol. The zero-order valence-electron chi connectivity index (χ0n) is 13.2. The van der Waals surface area contributed by atoms with E-state index in [1.165, 1.54) is 44.1 Å². The Morgan fingerprint density at radius 1 is 1.11 bits per heavy atom. The summed E-state index contributed by atoms with van der Waals surface area (Å²) in [6.45, 7) is 10.8. The summed E-state index contributed by atoms with van der Waals surface area (Å²) in [7, 11) is 0. The maximum Gasteiger partial charge on any atom is 0.0543 e. The van der Waals surface area contributed by atoms with Gasteiger partial charge < -0.3 is 5.32 Å². The van der Waals surface area contributed by atoms with E-state index in [0.717, 1.165) is 13.1 Å². The molecule has 0 bridgehead atoms. The van der Waals surface area contributed by atoms with Crippen LogP contribution in [0.2, 0.25) is 0 Å². The fourth-order valence-corrected chi connectivity index (χ4v) is 2.08. The van der Waals surface area contributed by atoms with Gasteiger partial charge in [0.1, 0.15) is 0 Å². The lowest BCUT2D eigenvalue weighted by Gasteiger charge is -2.18. The van der Waals surface area contributed by atoms with E-state index in [0.29, 0.717) is 0 Å². The van der Waals surface area contributed by atoms with Crippen molar-refractivity contribution in [1.29, 1.82) is 0 Å². The Bertz CT molecular complexity index is 336. The second kappa shape index (κ2) is 8.36. The van der Waals surface area contributed by atoms with Gasteiger partial charge in [-0.1, -0.05) is 39.0 Å². The van der Waals surface area contributed by atoms with Gasteiger partial charge >= 0.3 is 0 Å². The first-order valence-corrected chi connectivity index (χ1v) is 7.79. The van der Waals surface area contributed by atoms with Crippen molar-refractivity contribution in [3.8, 4) is 0 Å². The molecule has 1 heterocycles. The molecule has 1 rings (SSSR count). The molecule has 0 amide bonds. The second-order valence-corrected chi connectivity index (χ2v) is 6.41. The average molecular weight is 265 g/mol.